The summed E-state index contributed by atoms with van der Waals surface area (Å²) in [4.78, 5) is 30.3. The SMILES string of the molecule is Cc1oc(-c2ccccc2)nc1Cn1ccc2c(C3SC(=O)N(C)C3=O)cccc21. The van der Waals surface area contributed by atoms with Gasteiger partial charge in [0.1, 0.15) is 16.7 Å². The van der Waals surface area contributed by atoms with Gasteiger partial charge < -0.3 is 8.98 Å². The third-order valence-electron chi connectivity index (χ3n) is 5.41. The van der Waals surface area contributed by atoms with Crippen molar-refractivity contribution in [1.82, 2.24) is 14.5 Å². The number of fused-ring (bicyclic) bond motifs is 1. The maximum absolute atomic E-state index is 12.5. The quantitative estimate of drug-likeness (QED) is 0.466. The van der Waals surface area contributed by atoms with Gasteiger partial charge in [0.25, 0.3) is 5.24 Å². The molecule has 5 rings (SSSR count). The van der Waals surface area contributed by atoms with Crippen molar-refractivity contribution < 1.29 is 14.0 Å². The monoisotopic (exact) mass is 417 g/mol. The number of hydrogen-bond acceptors (Lipinski definition) is 5. The van der Waals surface area contributed by atoms with Gasteiger partial charge in [-0.05, 0) is 48.5 Å². The number of aromatic nitrogens is 2. The molecule has 1 aliphatic rings. The summed E-state index contributed by atoms with van der Waals surface area (Å²) >= 11 is 1.07. The lowest BCUT2D eigenvalue weighted by molar-refractivity contribution is -0.125. The van der Waals surface area contributed by atoms with Crippen LogP contribution >= 0.6 is 11.8 Å². The van der Waals surface area contributed by atoms with Crippen molar-refractivity contribution in [3.8, 4) is 11.5 Å². The fourth-order valence-corrected chi connectivity index (χ4v) is 4.79. The van der Waals surface area contributed by atoms with Crippen molar-refractivity contribution in [2.75, 3.05) is 7.05 Å². The predicted octanol–water partition coefficient (Wildman–Crippen LogP) is 5.02. The van der Waals surface area contributed by atoms with Crippen LogP contribution in [0.2, 0.25) is 0 Å². The molecule has 1 aliphatic heterocycles. The van der Waals surface area contributed by atoms with Crippen LogP contribution in [0, 0.1) is 6.92 Å². The predicted molar refractivity (Wildman–Crippen MR) is 116 cm³/mol. The Hall–Kier alpha value is -3.32. The van der Waals surface area contributed by atoms with Gasteiger partial charge in [0.15, 0.2) is 0 Å². The summed E-state index contributed by atoms with van der Waals surface area (Å²) in [5.41, 5.74) is 3.66. The molecule has 1 fully saturated rings. The number of amides is 2. The Morgan fingerprint density at radius 3 is 2.60 bits per heavy atom. The minimum Gasteiger partial charge on any atom is -0.441 e. The molecule has 0 aliphatic carbocycles. The maximum Gasteiger partial charge on any atom is 0.289 e. The Morgan fingerprint density at radius 1 is 1.07 bits per heavy atom. The molecule has 0 saturated carbocycles. The Balaban J connectivity index is 1.49. The lowest BCUT2D eigenvalue weighted by atomic mass is 10.1. The smallest absolute Gasteiger partial charge is 0.289 e. The van der Waals surface area contributed by atoms with Crippen LogP contribution in [-0.4, -0.2) is 32.6 Å². The van der Waals surface area contributed by atoms with Gasteiger partial charge in [-0.3, -0.25) is 14.5 Å². The van der Waals surface area contributed by atoms with E-state index >= 15 is 0 Å². The maximum atomic E-state index is 12.5. The van der Waals surface area contributed by atoms with Crippen molar-refractivity contribution >= 4 is 33.8 Å². The summed E-state index contributed by atoms with van der Waals surface area (Å²) in [6.45, 7) is 2.47. The van der Waals surface area contributed by atoms with Crippen molar-refractivity contribution in [3.05, 3.63) is 77.8 Å². The van der Waals surface area contributed by atoms with E-state index in [9.17, 15) is 9.59 Å². The molecule has 0 bridgehead atoms. The van der Waals surface area contributed by atoms with Crippen LogP contribution in [0.3, 0.4) is 0 Å². The highest BCUT2D eigenvalue weighted by Gasteiger charge is 2.39. The Labute approximate surface area is 177 Å². The first kappa shape index (κ1) is 18.7. The zero-order valence-electron chi connectivity index (χ0n) is 16.5. The van der Waals surface area contributed by atoms with Gasteiger partial charge >= 0.3 is 0 Å². The van der Waals surface area contributed by atoms with Gasteiger partial charge in [0, 0.05) is 29.7 Å². The zero-order valence-corrected chi connectivity index (χ0v) is 17.3. The lowest BCUT2D eigenvalue weighted by Gasteiger charge is -2.10. The van der Waals surface area contributed by atoms with Crippen molar-refractivity contribution in [2.24, 2.45) is 0 Å². The number of aryl methyl sites for hydroxylation is 1. The summed E-state index contributed by atoms with van der Waals surface area (Å²) < 4.78 is 7.98. The van der Waals surface area contributed by atoms with Gasteiger partial charge in [-0.25, -0.2) is 4.98 Å². The van der Waals surface area contributed by atoms with E-state index in [2.05, 4.69) is 4.57 Å². The van der Waals surface area contributed by atoms with Crippen LogP contribution < -0.4 is 0 Å². The highest BCUT2D eigenvalue weighted by molar-refractivity contribution is 8.15. The molecule has 30 heavy (non-hydrogen) atoms. The van der Waals surface area contributed by atoms with Crippen LogP contribution in [0.25, 0.3) is 22.4 Å². The molecule has 2 aromatic carbocycles. The van der Waals surface area contributed by atoms with E-state index in [0.717, 1.165) is 45.2 Å². The van der Waals surface area contributed by atoms with Crippen LogP contribution in [-0.2, 0) is 11.3 Å². The standard InChI is InChI=1S/C23H19N3O3S/c1-14-18(24-21(29-14)15-7-4-3-5-8-15)13-26-12-11-16-17(9-6-10-19(16)26)20-22(27)25(2)23(28)30-20/h3-12,20H,13H2,1-2H3. The van der Waals surface area contributed by atoms with Crippen LogP contribution in [0.5, 0.6) is 0 Å². The lowest BCUT2D eigenvalue weighted by Crippen LogP contribution is -2.24. The first-order valence-electron chi connectivity index (χ1n) is 9.60. The first-order chi connectivity index (χ1) is 14.5. The third kappa shape index (κ3) is 3.02. The first-order valence-corrected chi connectivity index (χ1v) is 10.5. The van der Waals surface area contributed by atoms with Crippen molar-refractivity contribution in [2.45, 2.75) is 18.7 Å². The molecule has 3 heterocycles. The van der Waals surface area contributed by atoms with E-state index < -0.39 is 5.25 Å². The number of carbonyl (C=O) groups is 2. The minimum absolute atomic E-state index is 0.176. The van der Waals surface area contributed by atoms with Gasteiger partial charge in [0.05, 0.1) is 6.54 Å². The highest BCUT2D eigenvalue weighted by Crippen LogP contribution is 2.41. The molecule has 1 atom stereocenters. The molecule has 0 spiro atoms. The molecular formula is C23H19N3O3S. The van der Waals surface area contributed by atoms with Crippen LogP contribution in [0.4, 0.5) is 4.79 Å². The number of benzene rings is 2. The second kappa shape index (κ2) is 7.18. The Morgan fingerprint density at radius 2 is 1.87 bits per heavy atom. The fourth-order valence-electron chi connectivity index (χ4n) is 3.75. The van der Waals surface area contributed by atoms with Crippen molar-refractivity contribution in [3.63, 3.8) is 0 Å². The summed E-state index contributed by atoms with van der Waals surface area (Å²) in [5.74, 6) is 1.21. The van der Waals surface area contributed by atoms with E-state index in [1.165, 1.54) is 11.9 Å². The summed E-state index contributed by atoms with van der Waals surface area (Å²) in [5, 5.41) is 0.254. The van der Waals surface area contributed by atoms with E-state index in [1.807, 2.05) is 67.7 Å². The molecule has 1 unspecified atom stereocenters. The summed E-state index contributed by atoms with van der Waals surface area (Å²) in [6.07, 6.45) is 1.99. The number of carbonyl (C=O) groups excluding carboxylic acids is 2. The molecule has 1 saturated heterocycles. The average Bonchev–Trinajstić information content (AvgIpc) is 3.42. The molecule has 150 valence electrons. The normalized spacial score (nSPS) is 16.7. The number of nitrogens with zero attached hydrogens (tertiary/aromatic N) is 3. The number of oxazole rings is 1. The number of likely N-dealkylation sites (N-methyl/N-ethyl adjacent to an activating group) is 1. The number of hydrogen-bond donors (Lipinski definition) is 0. The van der Waals surface area contributed by atoms with Crippen molar-refractivity contribution in [1.29, 1.82) is 0 Å². The van der Waals surface area contributed by atoms with E-state index in [1.54, 1.807) is 0 Å². The molecule has 6 nitrogen and oxygen atoms in total. The van der Waals surface area contributed by atoms with Crippen LogP contribution in [0.1, 0.15) is 22.3 Å². The van der Waals surface area contributed by atoms with Gasteiger partial charge in [0.2, 0.25) is 11.8 Å². The Kier molecular flexibility index (Phi) is 4.47. The second-order valence-corrected chi connectivity index (χ2v) is 8.33. The molecule has 4 aromatic rings. The Bertz CT molecular complexity index is 1280. The van der Waals surface area contributed by atoms with Gasteiger partial charge in [-0.2, -0.15) is 0 Å². The highest BCUT2D eigenvalue weighted by atomic mass is 32.2. The van der Waals surface area contributed by atoms with Gasteiger partial charge in [-0.15, -0.1) is 0 Å². The number of rotatable bonds is 4. The molecule has 2 aromatic heterocycles. The summed E-state index contributed by atoms with van der Waals surface area (Å²) in [7, 11) is 1.53. The molecule has 2 amide bonds. The van der Waals surface area contributed by atoms with E-state index in [4.69, 9.17) is 9.40 Å². The van der Waals surface area contributed by atoms with Crippen LogP contribution in [0.15, 0.2) is 65.2 Å². The van der Waals surface area contributed by atoms with Gasteiger partial charge in [-0.1, -0.05) is 30.3 Å². The van der Waals surface area contributed by atoms with E-state index in [0.29, 0.717) is 12.4 Å². The topological polar surface area (TPSA) is 68.3 Å². The molecule has 0 N–H and O–H groups in total. The molecule has 7 heteroatoms. The zero-order chi connectivity index (χ0) is 20.8. The largest absolute Gasteiger partial charge is 0.441 e. The number of imide groups is 1. The average molecular weight is 417 g/mol. The summed E-state index contributed by atoms with van der Waals surface area (Å²) in [6, 6.07) is 17.7. The molecular weight excluding hydrogens is 398 g/mol. The number of thioether (sulfide) groups is 1. The third-order valence-corrected chi connectivity index (χ3v) is 6.58. The fraction of sp³-hybridized carbons (Fsp3) is 0.174. The second-order valence-electron chi connectivity index (χ2n) is 7.27. The minimum atomic E-state index is -0.500. The van der Waals surface area contributed by atoms with E-state index in [-0.39, 0.29) is 11.1 Å². The molecule has 0 radical (unpaired) electrons.